The predicted molar refractivity (Wildman–Crippen MR) is 107 cm³/mol. The summed E-state index contributed by atoms with van der Waals surface area (Å²) in [6.45, 7) is 4.52. The van der Waals surface area contributed by atoms with Crippen molar-refractivity contribution in [3.8, 4) is 5.75 Å². The molecule has 0 bridgehead atoms. The zero-order valence-electron chi connectivity index (χ0n) is 14.3. The van der Waals surface area contributed by atoms with Crippen LogP contribution in [0.1, 0.15) is 18.4 Å². The van der Waals surface area contributed by atoms with E-state index in [1.54, 1.807) is 7.05 Å². The highest BCUT2D eigenvalue weighted by Crippen LogP contribution is 2.28. The molecule has 1 amide bonds. The lowest BCUT2D eigenvalue weighted by Gasteiger charge is -2.13. The molecule has 1 aliphatic rings. The van der Waals surface area contributed by atoms with Gasteiger partial charge >= 0.3 is 0 Å². The van der Waals surface area contributed by atoms with Crippen LogP contribution in [0.3, 0.4) is 0 Å². The summed E-state index contributed by atoms with van der Waals surface area (Å²) in [6, 6.07) is 7.98. The topological polar surface area (TPSA) is 74.8 Å². The molecule has 1 saturated carbocycles. The van der Waals surface area contributed by atoms with Gasteiger partial charge in [-0.3, -0.25) is 9.79 Å². The molecule has 6 nitrogen and oxygen atoms in total. The number of carbonyl (C=O) groups excluding carboxylic acids is 1. The summed E-state index contributed by atoms with van der Waals surface area (Å²) in [6.07, 6.45) is 2.06. The molecule has 3 N–H and O–H groups in total. The highest BCUT2D eigenvalue weighted by Gasteiger charge is 2.28. The third kappa shape index (κ3) is 7.85. The van der Waals surface area contributed by atoms with Gasteiger partial charge in [0.2, 0.25) is 5.91 Å². The number of rotatable bonds is 8. The molecule has 1 aromatic carbocycles. The van der Waals surface area contributed by atoms with Crippen molar-refractivity contribution in [2.24, 2.45) is 10.9 Å². The fraction of sp³-hybridized carbons (Fsp3) is 0.529. The van der Waals surface area contributed by atoms with Gasteiger partial charge in [0.05, 0.1) is 6.54 Å². The van der Waals surface area contributed by atoms with Crippen molar-refractivity contribution < 1.29 is 9.53 Å². The first-order chi connectivity index (χ1) is 11.2. The number of ether oxygens (including phenoxy) is 1. The summed E-state index contributed by atoms with van der Waals surface area (Å²) in [7, 11) is 1.72. The Morgan fingerprint density at radius 2 is 1.75 bits per heavy atom. The second-order valence-electron chi connectivity index (χ2n) is 5.65. The number of carbonyl (C=O) groups is 1. The second kappa shape index (κ2) is 11.1. The number of guanidine groups is 1. The van der Waals surface area contributed by atoms with E-state index in [1.165, 1.54) is 5.56 Å². The van der Waals surface area contributed by atoms with Crippen molar-refractivity contribution in [1.29, 1.82) is 0 Å². The lowest BCUT2D eigenvalue weighted by atomic mass is 10.2. The van der Waals surface area contributed by atoms with Crippen molar-refractivity contribution in [3.05, 3.63) is 29.8 Å². The number of nitrogens with one attached hydrogen (secondary N) is 3. The number of benzene rings is 1. The Morgan fingerprint density at radius 1 is 1.12 bits per heavy atom. The quantitative estimate of drug-likeness (QED) is 0.246. The molecule has 1 aromatic rings. The average molecular weight is 446 g/mol. The Kier molecular flexibility index (Phi) is 9.51. The van der Waals surface area contributed by atoms with E-state index in [0.29, 0.717) is 32.2 Å². The molecule has 0 heterocycles. The largest absolute Gasteiger partial charge is 0.492 e. The maximum atomic E-state index is 11.5. The van der Waals surface area contributed by atoms with E-state index in [4.69, 9.17) is 4.74 Å². The summed E-state index contributed by atoms with van der Waals surface area (Å²) < 4.78 is 5.64. The van der Waals surface area contributed by atoms with Crippen molar-refractivity contribution >= 4 is 35.8 Å². The van der Waals surface area contributed by atoms with E-state index in [-0.39, 0.29) is 35.8 Å². The summed E-state index contributed by atoms with van der Waals surface area (Å²) >= 11 is 0. The molecule has 0 unspecified atom stereocenters. The minimum absolute atomic E-state index is 0. The molecule has 0 aromatic heterocycles. The Labute approximate surface area is 160 Å². The lowest BCUT2D eigenvalue weighted by molar-refractivity contribution is -0.122. The third-order valence-electron chi connectivity index (χ3n) is 3.57. The van der Waals surface area contributed by atoms with Gasteiger partial charge in [0, 0.05) is 26.1 Å². The van der Waals surface area contributed by atoms with Crippen LogP contribution >= 0.6 is 24.0 Å². The van der Waals surface area contributed by atoms with Crippen LogP contribution < -0.4 is 20.7 Å². The summed E-state index contributed by atoms with van der Waals surface area (Å²) in [5.74, 6) is 1.99. The predicted octanol–water partition coefficient (Wildman–Crippen LogP) is 1.68. The molecule has 1 fully saturated rings. The first kappa shape index (κ1) is 20.5. The van der Waals surface area contributed by atoms with Crippen molar-refractivity contribution in [2.45, 2.75) is 19.8 Å². The number of aliphatic imine (C=N–C) groups is 1. The molecule has 24 heavy (non-hydrogen) atoms. The molecular weight excluding hydrogens is 419 g/mol. The van der Waals surface area contributed by atoms with E-state index in [2.05, 4.69) is 20.9 Å². The van der Waals surface area contributed by atoms with Gasteiger partial charge in [-0.05, 0) is 31.9 Å². The maximum absolute atomic E-state index is 11.5. The highest BCUT2D eigenvalue weighted by molar-refractivity contribution is 14.0. The van der Waals surface area contributed by atoms with Crippen molar-refractivity contribution in [3.63, 3.8) is 0 Å². The standard InChI is InChI=1S/C17H26N4O2.HI/c1-13-3-7-15(8-4-13)23-12-11-21-17(18-2)20-10-9-19-16(22)14-5-6-14;/h3-4,7-8,14H,5-6,9-12H2,1-2H3,(H,19,22)(H2,18,20,21);1H. The van der Waals surface area contributed by atoms with Gasteiger partial charge in [0.1, 0.15) is 12.4 Å². The molecule has 0 radical (unpaired) electrons. The fourth-order valence-corrected chi connectivity index (χ4v) is 2.05. The van der Waals surface area contributed by atoms with Gasteiger partial charge < -0.3 is 20.7 Å². The van der Waals surface area contributed by atoms with Crippen LogP contribution in [0.4, 0.5) is 0 Å². The van der Waals surface area contributed by atoms with Crippen LogP contribution in [0, 0.1) is 12.8 Å². The third-order valence-corrected chi connectivity index (χ3v) is 3.57. The molecular formula is C17H27IN4O2. The number of hydrogen-bond donors (Lipinski definition) is 3. The molecule has 0 spiro atoms. The monoisotopic (exact) mass is 446 g/mol. The summed E-state index contributed by atoms with van der Waals surface area (Å²) in [4.78, 5) is 15.6. The summed E-state index contributed by atoms with van der Waals surface area (Å²) in [5.41, 5.74) is 1.22. The van der Waals surface area contributed by atoms with E-state index < -0.39 is 0 Å². The van der Waals surface area contributed by atoms with Gasteiger partial charge in [0.25, 0.3) is 0 Å². The molecule has 0 saturated heterocycles. The molecule has 1 aliphatic carbocycles. The first-order valence-corrected chi connectivity index (χ1v) is 8.10. The van der Waals surface area contributed by atoms with Crippen LogP contribution in [-0.2, 0) is 4.79 Å². The minimum Gasteiger partial charge on any atom is -0.492 e. The molecule has 7 heteroatoms. The van der Waals surface area contributed by atoms with Gasteiger partial charge in [-0.15, -0.1) is 24.0 Å². The van der Waals surface area contributed by atoms with Crippen LogP contribution in [0.2, 0.25) is 0 Å². The Bertz CT molecular complexity index is 530. The Hall–Kier alpha value is -1.51. The van der Waals surface area contributed by atoms with E-state index in [9.17, 15) is 4.79 Å². The van der Waals surface area contributed by atoms with Crippen molar-refractivity contribution in [1.82, 2.24) is 16.0 Å². The molecule has 134 valence electrons. The Morgan fingerprint density at radius 3 is 2.38 bits per heavy atom. The number of halogens is 1. The van der Waals surface area contributed by atoms with Crippen LogP contribution in [0.5, 0.6) is 5.75 Å². The van der Waals surface area contributed by atoms with E-state index >= 15 is 0 Å². The maximum Gasteiger partial charge on any atom is 0.223 e. The molecule has 2 rings (SSSR count). The van der Waals surface area contributed by atoms with Gasteiger partial charge in [-0.25, -0.2) is 0 Å². The first-order valence-electron chi connectivity index (χ1n) is 8.10. The zero-order chi connectivity index (χ0) is 16.5. The average Bonchev–Trinajstić information content (AvgIpc) is 3.39. The summed E-state index contributed by atoms with van der Waals surface area (Å²) in [5, 5.41) is 9.24. The SMILES string of the molecule is CN=C(NCCNC(=O)C1CC1)NCCOc1ccc(C)cc1.I. The lowest BCUT2D eigenvalue weighted by Crippen LogP contribution is -2.42. The minimum atomic E-state index is 0. The van der Waals surface area contributed by atoms with Gasteiger partial charge in [0.15, 0.2) is 5.96 Å². The number of hydrogen-bond acceptors (Lipinski definition) is 3. The molecule has 0 atom stereocenters. The van der Waals surface area contributed by atoms with Crippen molar-refractivity contribution in [2.75, 3.05) is 33.3 Å². The smallest absolute Gasteiger partial charge is 0.223 e. The number of aryl methyl sites for hydroxylation is 1. The fourth-order valence-electron chi connectivity index (χ4n) is 2.05. The number of amides is 1. The highest BCUT2D eigenvalue weighted by atomic mass is 127. The van der Waals surface area contributed by atoms with E-state index in [0.717, 1.165) is 18.6 Å². The van der Waals surface area contributed by atoms with Crippen LogP contribution in [-0.4, -0.2) is 45.2 Å². The van der Waals surface area contributed by atoms with Crippen LogP contribution in [0.15, 0.2) is 29.3 Å². The van der Waals surface area contributed by atoms with Crippen LogP contribution in [0.25, 0.3) is 0 Å². The zero-order valence-corrected chi connectivity index (χ0v) is 16.6. The molecule has 0 aliphatic heterocycles. The van der Waals surface area contributed by atoms with E-state index in [1.807, 2.05) is 31.2 Å². The second-order valence-corrected chi connectivity index (χ2v) is 5.65. The van der Waals surface area contributed by atoms with Gasteiger partial charge in [-0.1, -0.05) is 17.7 Å². The Balaban J connectivity index is 0.00000288. The van der Waals surface area contributed by atoms with Gasteiger partial charge in [-0.2, -0.15) is 0 Å². The normalized spacial score (nSPS) is 13.7. The number of nitrogens with zero attached hydrogens (tertiary/aromatic N) is 1.